The van der Waals surface area contributed by atoms with Crippen molar-refractivity contribution in [3.63, 3.8) is 0 Å². The van der Waals surface area contributed by atoms with Crippen LogP contribution in [0.15, 0.2) is 36.7 Å². The van der Waals surface area contributed by atoms with Crippen LogP contribution in [0, 0.1) is 0 Å². The van der Waals surface area contributed by atoms with Gasteiger partial charge in [-0.1, -0.05) is 12.1 Å². The molecular weight excluding hydrogens is 204 g/mol. The van der Waals surface area contributed by atoms with E-state index in [-0.39, 0.29) is 0 Å². The summed E-state index contributed by atoms with van der Waals surface area (Å²) in [5.74, 6) is 1.63. The molecule has 0 aliphatic rings. The molecule has 0 fully saturated rings. The second-order valence-corrected chi connectivity index (χ2v) is 3.49. The van der Waals surface area contributed by atoms with E-state index in [1.807, 2.05) is 37.5 Å². The molecule has 1 aromatic heterocycles. The lowest BCUT2D eigenvalue weighted by Gasteiger charge is -2.04. The molecule has 0 atom stereocenters. The lowest BCUT2D eigenvalue weighted by molar-refractivity contribution is 0.305. The molecule has 0 bridgehead atoms. The molecule has 0 spiro atoms. The van der Waals surface area contributed by atoms with E-state index in [4.69, 9.17) is 9.47 Å². The number of hydrogen-bond donors (Lipinski definition) is 0. The van der Waals surface area contributed by atoms with E-state index in [9.17, 15) is 0 Å². The number of nitrogens with zero attached hydrogens (tertiary/aromatic N) is 2. The molecule has 4 heteroatoms. The Bertz CT molecular complexity index is 448. The van der Waals surface area contributed by atoms with E-state index < -0.39 is 0 Å². The van der Waals surface area contributed by atoms with Gasteiger partial charge in [-0.2, -0.15) is 5.10 Å². The zero-order chi connectivity index (χ0) is 11.4. The van der Waals surface area contributed by atoms with Gasteiger partial charge < -0.3 is 9.47 Å². The van der Waals surface area contributed by atoms with Crippen LogP contribution in [0.2, 0.25) is 0 Å². The summed E-state index contributed by atoms with van der Waals surface area (Å²) in [6.07, 6.45) is 3.53. The number of methoxy groups -OCH3 is 1. The smallest absolute Gasteiger partial charge is 0.157 e. The lowest BCUT2D eigenvalue weighted by atomic mass is 10.2. The zero-order valence-corrected chi connectivity index (χ0v) is 9.38. The molecule has 0 aliphatic carbocycles. The van der Waals surface area contributed by atoms with Gasteiger partial charge in [-0.15, -0.1) is 0 Å². The third-order valence-corrected chi connectivity index (χ3v) is 2.25. The molecule has 2 rings (SSSR count). The molecule has 4 nitrogen and oxygen atoms in total. The van der Waals surface area contributed by atoms with Gasteiger partial charge in [0.2, 0.25) is 0 Å². The van der Waals surface area contributed by atoms with Crippen molar-refractivity contribution in [3.8, 4) is 11.5 Å². The fraction of sp³-hybridized carbons (Fsp3) is 0.250. The maximum absolute atomic E-state index is 5.56. The number of benzene rings is 1. The first-order valence-electron chi connectivity index (χ1n) is 5.02. The standard InChI is InChI=1S/C12H14N2O2/c1-14-8-12(7-13-14)16-9-10-3-5-11(15-2)6-4-10/h3-8H,9H2,1-2H3. The number of aryl methyl sites for hydroxylation is 1. The monoisotopic (exact) mass is 218 g/mol. The fourth-order valence-corrected chi connectivity index (χ4v) is 1.36. The predicted octanol–water partition coefficient (Wildman–Crippen LogP) is 2.01. The molecule has 0 saturated heterocycles. The van der Waals surface area contributed by atoms with Crippen LogP contribution in [0.4, 0.5) is 0 Å². The first-order valence-corrected chi connectivity index (χ1v) is 5.02. The maximum Gasteiger partial charge on any atom is 0.157 e. The second-order valence-electron chi connectivity index (χ2n) is 3.49. The molecule has 1 aromatic carbocycles. The SMILES string of the molecule is COc1ccc(COc2cnn(C)c2)cc1. The zero-order valence-electron chi connectivity index (χ0n) is 9.38. The van der Waals surface area contributed by atoms with Gasteiger partial charge in [0, 0.05) is 7.05 Å². The van der Waals surface area contributed by atoms with E-state index >= 15 is 0 Å². The quantitative estimate of drug-likeness (QED) is 0.787. The third-order valence-electron chi connectivity index (χ3n) is 2.25. The first kappa shape index (κ1) is 10.5. The van der Waals surface area contributed by atoms with Crippen LogP contribution in [-0.2, 0) is 13.7 Å². The number of rotatable bonds is 4. The maximum atomic E-state index is 5.56. The Hall–Kier alpha value is -1.97. The summed E-state index contributed by atoms with van der Waals surface area (Å²) in [4.78, 5) is 0. The van der Waals surface area contributed by atoms with Gasteiger partial charge in [0.15, 0.2) is 5.75 Å². The summed E-state index contributed by atoms with van der Waals surface area (Å²) < 4.78 is 12.4. The normalized spacial score (nSPS) is 10.1. The van der Waals surface area contributed by atoms with Gasteiger partial charge in [-0.05, 0) is 17.7 Å². The van der Waals surface area contributed by atoms with Crippen molar-refractivity contribution < 1.29 is 9.47 Å². The van der Waals surface area contributed by atoms with Crippen LogP contribution in [0.3, 0.4) is 0 Å². The highest BCUT2D eigenvalue weighted by atomic mass is 16.5. The molecule has 2 aromatic rings. The van der Waals surface area contributed by atoms with Crippen molar-refractivity contribution in [1.82, 2.24) is 9.78 Å². The van der Waals surface area contributed by atoms with Crippen LogP contribution >= 0.6 is 0 Å². The second kappa shape index (κ2) is 4.70. The van der Waals surface area contributed by atoms with Gasteiger partial charge in [-0.3, -0.25) is 4.68 Å². The summed E-state index contributed by atoms with van der Waals surface area (Å²) in [7, 11) is 3.52. The Morgan fingerprint density at radius 1 is 1.19 bits per heavy atom. The summed E-state index contributed by atoms with van der Waals surface area (Å²) in [6, 6.07) is 7.80. The molecule has 1 heterocycles. The predicted molar refractivity (Wildman–Crippen MR) is 60.5 cm³/mol. The summed E-state index contributed by atoms with van der Waals surface area (Å²) in [5, 5.41) is 4.03. The van der Waals surface area contributed by atoms with Gasteiger partial charge in [0.1, 0.15) is 12.4 Å². The fourth-order valence-electron chi connectivity index (χ4n) is 1.36. The van der Waals surface area contributed by atoms with E-state index in [1.54, 1.807) is 18.0 Å². The van der Waals surface area contributed by atoms with Crippen molar-refractivity contribution in [3.05, 3.63) is 42.2 Å². The Balaban J connectivity index is 1.94. The highest BCUT2D eigenvalue weighted by Crippen LogP contribution is 2.14. The molecule has 0 amide bonds. The Kier molecular flexibility index (Phi) is 3.10. The van der Waals surface area contributed by atoms with Gasteiger partial charge >= 0.3 is 0 Å². The highest BCUT2D eigenvalue weighted by molar-refractivity contribution is 5.27. The molecule has 0 radical (unpaired) electrons. The summed E-state index contributed by atoms with van der Waals surface area (Å²) >= 11 is 0. The van der Waals surface area contributed by atoms with E-state index in [2.05, 4.69) is 5.10 Å². The van der Waals surface area contributed by atoms with Crippen molar-refractivity contribution >= 4 is 0 Å². The van der Waals surface area contributed by atoms with Gasteiger partial charge in [0.25, 0.3) is 0 Å². The Morgan fingerprint density at radius 2 is 1.94 bits per heavy atom. The Morgan fingerprint density at radius 3 is 2.50 bits per heavy atom. The van der Waals surface area contributed by atoms with Gasteiger partial charge in [-0.25, -0.2) is 0 Å². The van der Waals surface area contributed by atoms with Crippen LogP contribution < -0.4 is 9.47 Å². The van der Waals surface area contributed by atoms with Crippen LogP contribution in [0.5, 0.6) is 11.5 Å². The van der Waals surface area contributed by atoms with E-state index in [0.29, 0.717) is 6.61 Å². The van der Waals surface area contributed by atoms with Crippen molar-refractivity contribution in [2.45, 2.75) is 6.61 Å². The largest absolute Gasteiger partial charge is 0.497 e. The molecule has 0 saturated carbocycles. The van der Waals surface area contributed by atoms with Crippen LogP contribution in [0.25, 0.3) is 0 Å². The van der Waals surface area contributed by atoms with E-state index in [1.165, 1.54) is 0 Å². The van der Waals surface area contributed by atoms with Crippen molar-refractivity contribution in [1.29, 1.82) is 0 Å². The average Bonchev–Trinajstić information content (AvgIpc) is 2.73. The number of aromatic nitrogens is 2. The minimum absolute atomic E-state index is 0.537. The average molecular weight is 218 g/mol. The van der Waals surface area contributed by atoms with Crippen molar-refractivity contribution in [2.75, 3.05) is 7.11 Å². The molecule has 84 valence electrons. The topological polar surface area (TPSA) is 36.3 Å². The van der Waals surface area contributed by atoms with Crippen LogP contribution in [0.1, 0.15) is 5.56 Å². The summed E-state index contributed by atoms with van der Waals surface area (Å²) in [5.41, 5.74) is 1.10. The number of ether oxygens (including phenoxy) is 2. The van der Waals surface area contributed by atoms with Gasteiger partial charge in [0.05, 0.1) is 19.5 Å². The molecular formula is C12H14N2O2. The number of hydrogen-bond acceptors (Lipinski definition) is 3. The van der Waals surface area contributed by atoms with Crippen molar-refractivity contribution in [2.24, 2.45) is 7.05 Å². The Labute approximate surface area is 94.4 Å². The summed E-state index contributed by atoms with van der Waals surface area (Å²) in [6.45, 7) is 0.537. The molecule has 16 heavy (non-hydrogen) atoms. The van der Waals surface area contributed by atoms with Crippen LogP contribution in [-0.4, -0.2) is 16.9 Å². The minimum atomic E-state index is 0.537. The molecule has 0 aliphatic heterocycles. The minimum Gasteiger partial charge on any atom is -0.497 e. The third kappa shape index (κ3) is 2.53. The molecule has 0 unspecified atom stereocenters. The van der Waals surface area contributed by atoms with E-state index in [0.717, 1.165) is 17.1 Å². The first-order chi connectivity index (χ1) is 7.78. The molecule has 0 N–H and O–H groups in total. The lowest BCUT2D eigenvalue weighted by Crippen LogP contribution is -1.94. The highest BCUT2D eigenvalue weighted by Gasteiger charge is 1.98.